The number of carbonyl (C=O) groups is 1. The summed E-state index contributed by atoms with van der Waals surface area (Å²) in [5, 5.41) is 0.793. The van der Waals surface area contributed by atoms with E-state index in [1.54, 1.807) is 23.1 Å². The first-order valence-electron chi connectivity index (χ1n) is 11.4. The fourth-order valence-electron chi connectivity index (χ4n) is 4.00. The topological polar surface area (TPSA) is 45.7 Å². The third-order valence-corrected chi connectivity index (χ3v) is 7.62. The maximum absolute atomic E-state index is 13.7. The quantitative estimate of drug-likeness (QED) is 0.396. The van der Waals surface area contributed by atoms with Gasteiger partial charge in [0, 0.05) is 36.6 Å². The van der Waals surface area contributed by atoms with E-state index in [0.29, 0.717) is 6.54 Å². The van der Waals surface area contributed by atoms with Crippen molar-refractivity contribution in [2.45, 2.75) is 31.6 Å². The van der Waals surface area contributed by atoms with Gasteiger partial charge in [-0.3, -0.25) is 14.6 Å². The maximum atomic E-state index is 13.7. The minimum absolute atomic E-state index is 0.0302. The molecule has 5 nitrogen and oxygen atoms in total. The Kier molecular flexibility index (Phi) is 8.19. The summed E-state index contributed by atoms with van der Waals surface area (Å²) in [6.45, 7) is 9.41. The number of hydrogen-bond acceptors (Lipinski definition) is 6. The van der Waals surface area contributed by atoms with E-state index in [2.05, 4.69) is 43.0 Å². The molecule has 2 aromatic carbocycles. The van der Waals surface area contributed by atoms with Crippen molar-refractivity contribution >= 4 is 44.4 Å². The van der Waals surface area contributed by atoms with Crippen molar-refractivity contribution in [1.29, 1.82) is 0 Å². The van der Waals surface area contributed by atoms with Crippen molar-refractivity contribution in [2.75, 3.05) is 50.0 Å². The van der Waals surface area contributed by atoms with E-state index >= 15 is 0 Å². The minimum Gasteiger partial charge on any atom is -0.379 e. The Morgan fingerprint density at radius 2 is 2.00 bits per heavy atom. The van der Waals surface area contributed by atoms with Crippen molar-refractivity contribution in [1.82, 2.24) is 9.88 Å². The van der Waals surface area contributed by atoms with E-state index in [0.717, 1.165) is 77.2 Å². The summed E-state index contributed by atoms with van der Waals surface area (Å²) >= 11 is 3.37. The zero-order valence-electron chi connectivity index (χ0n) is 18.9. The molecule has 0 spiro atoms. The van der Waals surface area contributed by atoms with Crippen molar-refractivity contribution in [3.63, 3.8) is 0 Å². The summed E-state index contributed by atoms with van der Waals surface area (Å²) in [6.07, 6.45) is 1.84. The number of amides is 1. The third kappa shape index (κ3) is 5.52. The van der Waals surface area contributed by atoms with Crippen molar-refractivity contribution in [3.8, 4) is 0 Å². The zero-order valence-corrected chi connectivity index (χ0v) is 20.5. The van der Waals surface area contributed by atoms with Crippen molar-refractivity contribution in [3.05, 3.63) is 53.6 Å². The SMILES string of the molecule is CCSc1cccc(C(=O)N(CCCN2CCOCC2)c2nc3c(CC)cccc3s2)c1. The Balaban J connectivity index is 1.60. The number of fused-ring (bicyclic) bond motifs is 1. The number of aromatic nitrogens is 1. The molecule has 0 N–H and O–H groups in total. The lowest BCUT2D eigenvalue weighted by molar-refractivity contribution is 0.0376. The molecule has 1 amide bonds. The molecule has 4 rings (SSSR count). The highest BCUT2D eigenvalue weighted by Gasteiger charge is 2.22. The minimum atomic E-state index is 0.0302. The number of rotatable bonds is 9. The van der Waals surface area contributed by atoms with E-state index < -0.39 is 0 Å². The Bertz CT molecular complexity index is 1050. The Morgan fingerprint density at radius 3 is 2.78 bits per heavy atom. The average molecular weight is 470 g/mol. The van der Waals surface area contributed by atoms with Crippen LogP contribution >= 0.6 is 23.1 Å². The zero-order chi connectivity index (χ0) is 22.3. The molecule has 0 atom stereocenters. The lowest BCUT2D eigenvalue weighted by atomic mass is 10.1. The molecule has 0 unspecified atom stereocenters. The number of benzene rings is 2. The summed E-state index contributed by atoms with van der Waals surface area (Å²) in [5.41, 5.74) is 2.98. The summed E-state index contributed by atoms with van der Waals surface area (Å²) in [4.78, 5) is 24.0. The number of thiazole rings is 1. The number of thioether (sulfide) groups is 1. The predicted octanol–water partition coefficient (Wildman–Crippen LogP) is 5.34. The predicted molar refractivity (Wildman–Crippen MR) is 135 cm³/mol. The molecule has 0 aliphatic carbocycles. The lowest BCUT2D eigenvalue weighted by Gasteiger charge is -2.27. The normalized spacial score (nSPS) is 14.7. The van der Waals surface area contributed by atoms with Crippen LogP contribution in [0.2, 0.25) is 0 Å². The molecule has 1 fully saturated rings. The Labute approximate surface area is 198 Å². The van der Waals surface area contributed by atoms with Crippen LogP contribution in [0.5, 0.6) is 0 Å². The van der Waals surface area contributed by atoms with Crippen LogP contribution in [0.15, 0.2) is 47.4 Å². The second kappa shape index (κ2) is 11.3. The Morgan fingerprint density at radius 1 is 1.19 bits per heavy atom. The summed E-state index contributed by atoms with van der Waals surface area (Å²) in [5.74, 6) is 1.01. The molecule has 0 bridgehead atoms. The van der Waals surface area contributed by atoms with Crippen LogP contribution < -0.4 is 4.90 Å². The van der Waals surface area contributed by atoms with Gasteiger partial charge in [0.25, 0.3) is 5.91 Å². The van der Waals surface area contributed by atoms with Gasteiger partial charge in [-0.05, 0) is 48.4 Å². The van der Waals surface area contributed by atoms with Crippen LogP contribution in [0.25, 0.3) is 10.2 Å². The smallest absolute Gasteiger partial charge is 0.260 e. The van der Waals surface area contributed by atoms with Gasteiger partial charge in [-0.2, -0.15) is 0 Å². The molecule has 170 valence electrons. The van der Waals surface area contributed by atoms with Crippen LogP contribution in [-0.2, 0) is 11.2 Å². The highest BCUT2D eigenvalue weighted by atomic mass is 32.2. The van der Waals surface area contributed by atoms with Gasteiger partial charge in [0.05, 0.1) is 23.4 Å². The van der Waals surface area contributed by atoms with Gasteiger partial charge >= 0.3 is 0 Å². The fraction of sp³-hybridized carbons (Fsp3) is 0.440. The van der Waals surface area contributed by atoms with Gasteiger partial charge in [-0.25, -0.2) is 4.98 Å². The van der Waals surface area contributed by atoms with Gasteiger partial charge in [0.2, 0.25) is 0 Å². The molecule has 2 heterocycles. The van der Waals surface area contributed by atoms with Gasteiger partial charge < -0.3 is 4.74 Å². The number of nitrogens with zero attached hydrogens (tertiary/aromatic N) is 3. The molecule has 1 aromatic heterocycles. The molecule has 0 saturated carbocycles. The van der Waals surface area contributed by atoms with Crippen LogP contribution in [0, 0.1) is 0 Å². The molecule has 32 heavy (non-hydrogen) atoms. The summed E-state index contributed by atoms with van der Waals surface area (Å²) in [6, 6.07) is 14.3. The molecule has 7 heteroatoms. The van der Waals surface area contributed by atoms with E-state index in [4.69, 9.17) is 9.72 Å². The first-order chi connectivity index (χ1) is 15.7. The Hall–Kier alpha value is -1.93. The number of para-hydroxylation sites is 1. The fourth-order valence-corrected chi connectivity index (χ4v) is 5.75. The van der Waals surface area contributed by atoms with Gasteiger partial charge in [-0.15, -0.1) is 11.8 Å². The molecular formula is C25H31N3O2S2. The second-order valence-corrected chi connectivity index (χ2v) is 10.2. The molecule has 0 radical (unpaired) electrons. The highest BCUT2D eigenvalue weighted by Crippen LogP contribution is 2.32. The highest BCUT2D eigenvalue weighted by molar-refractivity contribution is 7.99. The van der Waals surface area contributed by atoms with E-state index in [-0.39, 0.29) is 5.91 Å². The van der Waals surface area contributed by atoms with Crippen LogP contribution in [0.4, 0.5) is 5.13 Å². The largest absolute Gasteiger partial charge is 0.379 e. The number of ether oxygens (including phenoxy) is 1. The molecular weight excluding hydrogens is 438 g/mol. The third-order valence-electron chi connectivity index (χ3n) is 5.70. The molecule has 3 aromatic rings. The van der Waals surface area contributed by atoms with E-state index in [1.165, 1.54) is 5.56 Å². The van der Waals surface area contributed by atoms with E-state index in [1.807, 2.05) is 23.1 Å². The summed E-state index contributed by atoms with van der Waals surface area (Å²) in [7, 11) is 0. The van der Waals surface area contributed by atoms with Crippen molar-refractivity contribution < 1.29 is 9.53 Å². The van der Waals surface area contributed by atoms with E-state index in [9.17, 15) is 4.79 Å². The number of aryl methyl sites for hydroxylation is 1. The summed E-state index contributed by atoms with van der Waals surface area (Å²) < 4.78 is 6.60. The van der Waals surface area contributed by atoms with Gasteiger partial charge in [-0.1, -0.05) is 43.4 Å². The maximum Gasteiger partial charge on any atom is 0.260 e. The molecule has 1 aliphatic heterocycles. The monoisotopic (exact) mass is 469 g/mol. The lowest BCUT2D eigenvalue weighted by Crippen LogP contribution is -2.39. The van der Waals surface area contributed by atoms with Crippen molar-refractivity contribution in [2.24, 2.45) is 0 Å². The second-order valence-electron chi connectivity index (χ2n) is 7.84. The average Bonchev–Trinajstić information content (AvgIpc) is 3.26. The van der Waals surface area contributed by atoms with Crippen LogP contribution in [-0.4, -0.2) is 60.9 Å². The first-order valence-corrected chi connectivity index (χ1v) is 13.2. The molecule has 1 aliphatic rings. The number of anilines is 1. The number of carbonyl (C=O) groups excluding carboxylic acids is 1. The van der Waals surface area contributed by atoms with Gasteiger partial charge in [0.15, 0.2) is 5.13 Å². The standard InChI is InChI=1S/C25H31N3O2S2/c1-3-19-8-6-11-22-23(19)26-25(32-22)28(13-7-12-27-14-16-30-17-15-27)24(29)20-9-5-10-21(18-20)31-4-2/h5-6,8-11,18H,3-4,7,12-17H2,1-2H3. The number of morpholine rings is 1. The number of hydrogen-bond donors (Lipinski definition) is 0. The van der Waals surface area contributed by atoms with Crippen LogP contribution in [0.3, 0.4) is 0 Å². The molecule has 1 saturated heterocycles. The van der Waals surface area contributed by atoms with Crippen LogP contribution in [0.1, 0.15) is 36.2 Å². The van der Waals surface area contributed by atoms with Gasteiger partial charge in [0.1, 0.15) is 0 Å². The first kappa shape index (κ1) is 23.2.